The Morgan fingerprint density at radius 3 is 2.88 bits per heavy atom. The third-order valence-electron chi connectivity index (χ3n) is 4.12. The molecule has 1 N–H and O–H groups in total. The van der Waals surface area contributed by atoms with E-state index in [0.717, 1.165) is 5.56 Å². The van der Waals surface area contributed by atoms with E-state index in [9.17, 15) is 17.6 Å². The third kappa shape index (κ3) is 2.65. The first kappa shape index (κ1) is 15.5. The highest BCUT2D eigenvalue weighted by molar-refractivity contribution is 7.90. The molecule has 4 rings (SSSR count). The van der Waals surface area contributed by atoms with E-state index in [1.165, 1.54) is 17.4 Å². The van der Waals surface area contributed by atoms with Gasteiger partial charge in [0.05, 0.1) is 16.9 Å². The van der Waals surface area contributed by atoms with Gasteiger partial charge in [-0.1, -0.05) is 18.2 Å². The van der Waals surface area contributed by atoms with Crippen molar-refractivity contribution in [3.8, 4) is 0 Å². The number of rotatable bonds is 2. The van der Waals surface area contributed by atoms with Crippen molar-refractivity contribution in [3.63, 3.8) is 0 Å². The van der Waals surface area contributed by atoms with Crippen LogP contribution in [0.3, 0.4) is 0 Å². The van der Waals surface area contributed by atoms with Crippen LogP contribution in [0.1, 0.15) is 21.8 Å². The minimum absolute atomic E-state index is 0.0363. The van der Waals surface area contributed by atoms with E-state index in [1.807, 2.05) is 0 Å². The molecular formula is C16H13FN2O3S2. The summed E-state index contributed by atoms with van der Waals surface area (Å²) < 4.78 is 37.3. The molecule has 124 valence electrons. The summed E-state index contributed by atoms with van der Waals surface area (Å²) in [6, 6.07) is 6.34. The Balaban J connectivity index is 1.81. The molecule has 1 aromatic carbocycles. The fraction of sp³-hybridized carbons (Fsp3) is 0.250. The van der Waals surface area contributed by atoms with Gasteiger partial charge in [-0.2, -0.15) is 0 Å². The molecule has 0 spiro atoms. The van der Waals surface area contributed by atoms with Crippen molar-refractivity contribution < 1.29 is 12.8 Å². The van der Waals surface area contributed by atoms with Gasteiger partial charge in [0.25, 0.3) is 5.56 Å². The first-order chi connectivity index (χ1) is 11.4. The average Bonchev–Trinajstić information content (AvgIpc) is 2.85. The molecule has 1 aliphatic rings. The zero-order valence-corrected chi connectivity index (χ0v) is 14.1. The van der Waals surface area contributed by atoms with E-state index in [-0.39, 0.29) is 29.3 Å². The number of aryl methyl sites for hydroxylation is 1. The summed E-state index contributed by atoms with van der Waals surface area (Å²) in [5.41, 5.74) is 0.947. The van der Waals surface area contributed by atoms with Crippen LogP contribution in [0.15, 0.2) is 29.1 Å². The lowest BCUT2D eigenvalue weighted by Gasteiger charge is -2.11. The molecule has 3 heterocycles. The molecule has 3 aromatic rings. The molecule has 0 aliphatic carbocycles. The summed E-state index contributed by atoms with van der Waals surface area (Å²) in [6.07, 6.45) is 0.522. The Labute approximate surface area is 141 Å². The van der Waals surface area contributed by atoms with Crippen LogP contribution in [-0.4, -0.2) is 24.1 Å². The van der Waals surface area contributed by atoms with E-state index in [4.69, 9.17) is 0 Å². The fourth-order valence-electron chi connectivity index (χ4n) is 2.97. The normalized spacial score (nSPS) is 16.2. The van der Waals surface area contributed by atoms with Crippen molar-refractivity contribution in [2.75, 3.05) is 5.75 Å². The van der Waals surface area contributed by atoms with Crippen molar-refractivity contribution in [3.05, 3.63) is 62.3 Å². The Morgan fingerprint density at radius 2 is 2.08 bits per heavy atom. The summed E-state index contributed by atoms with van der Waals surface area (Å²) in [7, 11) is -3.10. The number of sulfone groups is 1. The first-order valence-corrected chi connectivity index (χ1v) is 10.0. The largest absolute Gasteiger partial charge is 0.310 e. The van der Waals surface area contributed by atoms with Gasteiger partial charge in [0.1, 0.15) is 16.5 Å². The SMILES string of the molecule is O=c1[nH]c(Cc2ccccc2F)nc2sc3c(c12)CCS(=O)(=O)C3. The summed E-state index contributed by atoms with van der Waals surface area (Å²) in [5.74, 6) is 0.0455. The lowest BCUT2D eigenvalue weighted by molar-refractivity contribution is 0.592. The number of fused-ring (bicyclic) bond motifs is 3. The van der Waals surface area contributed by atoms with Gasteiger partial charge < -0.3 is 4.98 Å². The minimum Gasteiger partial charge on any atom is -0.310 e. The molecule has 0 unspecified atom stereocenters. The fourth-order valence-corrected chi connectivity index (χ4v) is 6.01. The number of nitrogens with one attached hydrogen (secondary N) is 1. The molecule has 1 aliphatic heterocycles. The van der Waals surface area contributed by atoms with Crippen molar-refractivity contribution in [2.24, 2.45) is 0 Å². The van der Waals surface area contributed by atoms with Crippen LogP contribution in [0, 0.1) is 5.82 Å². The Morgan fingerprint density at radius 1 is 1.29 bits per heavy atom. The molecule has 0 amide bonds. The van der Waals surface area contributed by atoms with Gasteiger partial charge in [-0.05, 0) is 23.6 Å². The topological polar surface area (TPSA) is 79.9 Å². The summed E-state index contributed by atoms with van der Waals surface area (Å²) >= 11 is 1.24. The smallest absolute Gasteiger partial charge is 0.259 e. The van der Waals surface area contributed by atoms with E-state index in [2.05, 4.69) is 9.97 Å². The summed E-state index contributed by atoms with van der Waals surface area (Å²) in [5, 5.41) is 0.474. The second-order valence-corrected chi connectivity index (χ2v) is 9.07. The predicted molar refractivity (Wildman–Crippen MR) is 90.6 cm³/mol. The second kappa shape index (κ2) is 5.49. The van der Waals surface area contributed by atoms with Crippen LogP contribution >= 0.6 is 11.3 Å². The number of hydrogen-bond donors (Lipinski definition) is 1. The van der Waals surface area contributed by atoms with Crippen molar-refractivity contribution in [1.82, 2.24) is 9.97 Å². The zero-order valence-electron chi connectivity index (χ0n) is 12.5. The molecular weight excluding hydrogens is 351 g/mol. The highest BCUT2D eigenvalue weighted by Gasteiger charge is 2.27. The van der Waals surface area contributed by atoms with Crippen LogP contribution < -0.4 is 5.56 Å². The van der Waals surface area contributed by atoms with Gasteiger partial charge in [0.15, 0.2) is 9.84 Å². The van der Waals surface area contributed by atoms with Crippen molar-refractivity contribution >= 4 is 31.4 Å². The van der Waals surface area contributed by atoms with Gasteiger partial charge in [-0.15, -0.1) is 11.3 Å². The molecule has 0 bridgehead atoms. The van der Waals surface area contributed by atoms with Gasteiger partial charge >= 0.3 is 0 Å². The first-order valence-electron chi connectivity index (χ1n) is 7.40. The van der Waals surface area contributed by atoms with Crippen LogP contribution in [-0.2, 0) is 28.4 Å². The van der Waals surface area contributed by atoms with Gasteiger partial charge in [0.2, 0.25) is 0 Å². The van der Waals surface area contributed by atoms with Gasteiger partial charge in [-0.3, -0.25) is 4.79 Å². The van der Waals surface area contributed by atoms with Crippen molar-refractivity contribution in [1.29, 1.82) is 0 Å². The summed E-state index contributed by atoms with van der Waals surface area (Å²) in [4.78, 5) is 20.8. The summed E-state index contributed by atoms with van der Waals surface area (Å²) in [6.45, 7) is 0. The number of hydrogen-bond acceptors (Lipinski definition) is 5. The van der Waals surface area contributed by atoms with E-state index in [0.29, 0.717) is 32.9 Å². The van der Waals surface area contributed by atoms with E-state index < -0.39 is 9.84 Å². The maximum absolute atomic E-state index is 13.8. The number of aromatic amines is 1. The average molecular weight is 364 g/mol. The quantitative estimate of drug-likeness (QED) is 0.756. The molecule has 0 saturated carbocycles. The maximum Gasteiger partial charge on any atom is 0.259 e. The highest BCUT2D eigenvalue weighted by atomic mass is 32.2. The highest BCUT2D eigenvalue weighted by Crippen LogP contribution is 2.33. The number of thiophene rings is 1. The molecule has 5 nitrogen and oxygen atoms in total. The molecule has 0 saturated heterocycles. The van der Waals surface area contributed by atoms with Crippen molar-refractivity contribution in [2.45, 2.75) is 18.6 Å². The molecule has 2 aromatic heterocycles. The number of H-pyrrole nitrogens is 1. The van der Waals surface area contributed by atoms with E-state index in [1.54, 1.807) is 18.2 Å². The van der Waals surface area contributed by atoms with Crippen LogP contribution in [0.5, 0.6) is 0 Å². The maximum atomic E-state index is 13.8. The predicted octanol–water partition coefficient (Wildman–Crippen LogP) is 2.19. The number of nitrogens with zero attached hydrogens (tertiary/aromatic N) is 1. The lowest BCUT2D eigenvalue weighted by atomic mass is 10.1. The number of benzene rings is 1. The van der Waals surface area contributed by atoms with Crippen LogP contribution in [0.25, 0.3) is 10.2 Å². The Kier molecular flexibility index (Phi) is 3.54. The van der Waals surface area contributed by atoms with Crippen LogP contribution in [0.2, 0.25) is 0 Å². The molecule has 0 radical (unpaired) electrons. The van der Waals surface area contributed by atoms with Crippen LogP contribution in [0.4, 0.5) is 4.39 Å². The standard InChI is InChI=1S/C16H13FN2O3S2/c17-11-4-2-1-3-9(11)7-13-18-15(20)14-10-5-6-24(21,22)8-12(10)23-16(14)19-13/h1-4H,5-8H2,(H,18,19,20). The molecule has 0 fully saturated rings. The van der Waals surface area contributed by atoms with Gasteiger partial charge in [-0.25, -0.2) is 17.8 Å². The number of aromatic nitrogens is 2. The monoisotopic (exact) mass is 364 g/mol. The molecule has 24 heavy (non-hydrogen) atoms. The Hall–Kier alpha value is -2.06. The number of halogens is 1. The zero-order chi connectivity index (χ0) is 16.9. The molecule has 0 atom stereocenters. The lowest BCUT2D eigenvalue weighted by Crippen LogP contribution is -2.19. The second-order valence-electron chi connectivity index (χ2n) is 5.81. The van der Waals surface area contributed by atoms with E-state index >= 15 is 0 Å². The van der Waals surface area contributed by atoms with Gasteiger partial charge in [0, 0.05) is 11.3 Å². The Bertz CT molecular complexity index is 1120. The third-order valence-corrected chi connectivity index (χ3v) is 6.99. The minimum atomic E-state index is -3.10. The molecule has 8 heteroatoms.